The number of fused-ring (bicyclic) bond motifs is 1. The van der Waals surface area contributed by atoms with Gasteiger partial charge in [0.05, 0.1) is 16.9 Å². The SMILES string of the molecule is C[C@@H]1Cn2c(=N)/c(=C(\NCc3ccc(-n4cncn4)cc3)Nc3ccccc3)c(=S)n(C)c2=N1. The van der Waals surface area contributed by atoms with Gasteiger partial charge in [0.25, 0.3) is 0 Å². The van der Waals surface area contributed by atoms with Crippen LogP contribution in [0, 0.1) is 10.0 Å². The molecule has 0 radical (unpaired) electrons. The lowest BCUT2D eigenvalue weighted by molar-refractivity contribution is 0.587. The molecule has 2 aromatic heterocycles. The van der Waals surface area contributed by atoms with E-state index in [4.69, 9.17) is 17.6 Å². The van der Waals surface area contributed by atoms with E-state index in [-0.39, 0.29) is 6.04 Å². The topological polar surface area (TPSA) is 101 Å². The highest BCUT2D eigenvalue weighted by molar-refractivity contribution is 7.71. The first-order chi connectivity index (χ1) is 16.5. The van der Waals surface area contributed by atoms with E-state index in [1.54, 1.807) is 11.0 Å². The van der Waals surface area contributed by atoms with E-state index in [1.807, 2.05) is 77.7 Å². The highest BCUT2D eigenvalue weighted by Crippen LogP contribution is 2.11. The van der Waals surface area contributed by atoms with Gasteiger partial charge in [-0.25, -0.2) is 14.7 Å². The Morgan fingerprint density at radius 2 is 1.91 bits per heavy atom. The van der Waals surface area contributed by atoms with Crippen LogP contribution in [-0.2, 0) is 20.1 Å². The number of aromatic nitrogens is 5. The van der Waals surface area contributed by atoms with Crippen molar-refractivity contribution < 1.29 is 0 Å². The first-order valence-corrected chi connectivity index (χ1v) is 11.4. The molecule has 0 saturated heterocycles. The zero-order valence-electron chi connectivity index (χ0n) is 18.9. The van der Waals surface area contributed by atoms with Crippen molar-refractivity contribution in [1.82, 2.24) is 29.2 Å². The molecule has 5 rings (SSSR count). The minimum absolute atomic E-state index is 0.113. The standard InChI is InChI=1S/C24H25N9S/c1-16-13-32-21(25)20(23(34)31(2)24(32)29-16)22(30-18-6-4-3-5-7-18)27-12-17-8-10-19(11-9-17)33-15-26-14-28-33/h3-11,14-16,25,27,30H,12-13H2,1-2H3/b22-20-,25-21?/t16-/m1/s1. The minimum atomic E-state index is 0.113. The Balaban J connectivity index is 1.55. The molecule has 3 N–H and O–H groups in total. The number of rotatable bonds is 6. The van der Waals surface area contributed by atoms with Gasteiger partial charge in [-0.3, -0.25) is 9.98 Å². The molecule has 3 heterocycles. The van der Waals surface area contributed by atoms with Crippen LogP contribution in [0.4, 0.5) is 5.69 Å². The van der Waals surface area contributed by atoms with Crippen LogP contribution in [-0.4, -0.2) is 29.9 Å². The molecule has 1 atom stereocenters. The lowest BCUT2D eigenvalue weighted by atomic mass is 10.2. The molecule has 10 heteroatoms. The van der Waals surface area contributed by atoms with Gasteiger partial charge in [-0.15, -0.1) is 0 Å². The third kappa shape index (κ3) is 4.15. The Morgan fingerprint density at radius 1 is 1.15 bits per heavy atom. The van der Waals surface area contributed by atoms with E-state index in [2.05, 4.69) is 25.7 Å². The number of para-hydroxylation sites is 1. The average Bonchev–Trinajstić information content (AvgIpc) is 3.52. The molecule has 1 aliphatic rings. The summed E-state index contributed by atoms with van der Waals surface area (Å²) < 4.78 is 6.07. The third-order valence-corrected chi connectivity index (χ3v) is 6.21. The predicted octanol–water partition coefficient (Wildman–Crippen LogP) is 1.61. The zero-order valence-corrected chi connectivity index (χ0v) is 19.8. The van der Waals surface area contributed by atoms with Gasteiger partial charge in [0.2, 0.25) is 5.62 Å². The Labute approximate surface area is 201 Å². The van der Waals surface area contributed by atoms with Gasteiger partial charge < -0.3 is 15.2 Å². The molecule has 0 bridgehead atoms. The summed E-state index contributed by atoms with van der Waals surface area (Å²) in [6, 6.07) is 18.1. The fourth-order valence-corrected chi connectivity index (χ4v) is 4.27. The highest BCUT2D eigenvalue weighted by atomic mass is 32.1. The number of hydrogen-bond acceptors (Lipinski definition) is 7. The van der Waals surface area contributed by atoms with E-state index >= 15 is 0 Å². The van der Waals surface area contributed by atoms with Crippen molar-refractivity contribution in [3.05, 3.63) is 93.8 Å². The van der Waals surface area contributed by atoms with Crippen molar-refractivity contribution in [3.63, 3.8) is 0 Å². The zero-order chi connectivity index (χ0) is 23.7. The minimum Gasteiger partial charge on any atom is -0.367 e. The average molecular weight is 472 g/mol. The van der Waals surface area contributed by atoms with Gasteiger partial charge in [-0.1, -0.05) is 42.5 Å². The van der Waals surface area contributed by atoms with E-state index in [1.165, 1.54) is 6.33 Å². The highest BCUT2D eigenvalue weighted by Gasteiger charge is 2.16. The number of benzene rings is 2. The molecule has 2 aromatic carbocycles. The molecule has 34 heavy (non-hydrogen) atoms. The van der Waals surface area contributed by atoms with Crippen LogP contribution >= 0.6 is 12.2 Å². The quantitative estimate of drug-likeness (QED) is 0.371. The van der Waals surface area contributed by atoms with Gasteiger partial charge >= 0.3 is 0 Å². The first kappa shape index (κ1) is 21.8. The summed E-state index contributed by atoms with van der Waals surface area (Å²) in [4.78, 5) is 8.65. The Bertz CT molecular complexity index is 1550. The summed E-state index contributed by atoms with van der Waals surface area (Å²) in [5.41, 5.74) is 4.00. The summed E-state index contributed by atoms with van der Waals surface area (Å²) in [5, 5.41) is 20.7. The van der Waals surface area contributed by atoms with E-state index in [0.29, 0.717) is 34.3 Å². The van der Waals surface area contributed by atoms with Gasteiger partial charge in [-0.2, -0.15) is 5.10 Å². The number of hydrogen-bond donors (Lipinski definition) is 3. The number of nitrogens with one attached hydrogen (secondary N) is 3. The van der Waals surface area contributed by atoms with Crippen LogP contribution in [0.5, 0.6) is 0 Å². The van der Waals surface area contributed by atoms with Crippen LogP contribution in [0.3, 0.4) is 0 Å². The summed E-state index contributed by atoms with van der Waals surface area (Å²) in [6.07, 6.45) is 3.18. The molecule has 0 unspecified atom stereocenters. The summed E-state index contributed by atoms with van der Waals surface area (Å²) in [6.45, 7) is 3.25. The van der Waals surface area contributed by atoms with Crippen molar-refractivity contribution in [2.75, 3.05) is 5.32 Å². The van der Waals surface area contributed by atoms with Crippen molar-refractivity contribution in [2.24, 2.45) is 12.0 Å². The molecule has 172 valence electrons. The molecule has 0 spiro atoms. The molecular formula is C24H25N9S. The number of nitrogens with zero attached hydrogens (tertiary/aromatic N) is 6. The molecule has 0 fully saturated rings. The van der Waals surface area contributed by atoms with Crippen LogP contribution in [0.25, 0.3) is 11.5 Å². The van der Waals surface area contributed by atoms with Gasteiger partial charge in [0.15, 0.2) is 0 Å². The van der Waals surface area contributed by atoms with E-state index in [0.717, 1.165) is 22.6 Å². The third-order valence-electron chi connectivity index (χ3n) is 5.73. The largest absolute Gasteiger partial charge is 0.367 e. The maximum Gasteiger partial charge on any atom is 0.207 e. The van der Waals surface area contributed by atoms with E-state index < -0.39 is 0 Å². The van der Waals surface area contributed by atoms with Crippen molar-refractivity contribution >= 4 is 23.7 Å². The fourth-order valence-electron chi connectivity index (χ4n) is 3.99. The Kier molecular flexibility index (Phi) is 5.81. The van der Waals surface area contributed by atoms with E-state index in [9.17, 15) is 0 Å². The summed E-state index contributed by atoms with van der Waals surface area (Å²) in [5.74, 6) is 0.687. The van der Waals surface area contributed by atoms with Gasteiger partial charge in [0.1, 0.15) is 28.6 Å². The lowest BCUT2D eigenvalue weighted by Crippen LogP contribution is -2.49. The molecule has 4 aromatic rings. The van der Waals surface area contributed by atoms with Crippen molar-refractivity contribution in [2.45, 2.75) is 26.1 Å². The summed E-state index contributed by atoms with van der Waals surface area (Å²) >= 11 is 5.80. The van der Waals surface area contributed by atoms with Crippen molar-refractivity contribution in [3.8, 4) is 5.69 Å². The van der Waals surface area contributed by atoms with Crippen LogP contribution in [0.2, 0.25) is 0 Å². The normalized spacial score (nSPS) is 15.4. The maximum atomic E-state index is 8.95. The fraction of sp³-hybridized carbons (Fsp3) is 0.208. The maximum absolute atomic E-state index is 8.95. The second-order valence-electron chi connectivity index (χ2n) is 8.20. The molecule has 0 aliphatic carbocycles. The number of anilines is 1. The van der Waals surface area contributed by atoms with Crippen LogP contribution < -0.4 is 27.0 Å². The Morgan fingerprint density at radius 3 is 2.62 bits per heavy atom. The molecule has 9 nitrogen and oxygen atoms in total. The smallest absolute Gasteiger partial charge is 0.207 e. The predicted molar refractivity (Wildman–Crippen MR) is 132 cm³/mol. The summed E-state index contributed by atoms with van der Waals surface area (Å²) in [7, 11) is 1.90. The second kappa shape index (κ2) is 9.06. The Hall–Kier alpha value is -4.05. The monoisotopic (exact) mass is 471 g/mol. The first-order valence-electron chi connectivity index (χ1n) is 11.0. The second-order valence-corrected chi connectivity index (χ2v) is 8.59. The van der Waals surface area contributed by atoms with Crippen LogP contribution in [0.15, 0.2) is 72.2 Å². The van der Waals surface area contributed by atoms with Crippen molar-refractivity contribution in [1.29, 1.82) is 5.41 Å². The lowest BCUT2D eigenvalue weighted by Gasteiger charge is -2.16. The molecular weight excluding hydrogens is 446 g/mol. The molecule has 0 saturated carbocycles. The van der Waals surface area contributed by atoms with Gasteiger partial charge in [-0.05, 0) is 36.8 Å². The van der Waals surface area contributed by atoms with Gasteiger partial charge in [0, 0.05) is 25.8 Å². The van der Waals surface area contributed by atoms with Crippen LogP contribution in [0.1, 0.15) is 12.5 Å². The molecule has 1 aliphatic heterocycles. The molecule has 0 amide bonds.